The molecule has 0 saturated heterocycles. The van der Waals surface area contributed by atoms with Gasteiger partial charge < -0.3 is 4.74 Å². The van der Waals surface area contributed by atoms with Crippen LogP contribution in [0.15, 0.2) is 65.5 Å². The fraction of sp³-hybridized carbons (Fsp3) is 0.0800. The topological polar surface area (TPSA) is 34.8 Å². The number of hydrogen-bond donors (Lipinski definition) is 0. The molecule has 3 aliphatic rings. The Morgan fingerprint density at radius 3 is 2.84 bits per heavy atom. The maximum atomic E-state index is 6.52. The third kappa shape index (κ3) is 1.34. The third-order valence-electron chi connectivity index (χ3n) is 7.18. The van der Waals surface area contributed by atoms with Crippen molar-refractivity contribution in [3.05, 3.63) is 76.7 Å². The van der Waals surface area contributed by atoms with Crippen molar-refractivity contribution < 1.29 is 13.9 Å². The minimum absolute atomic E-state index is 0.632. The van der Waals surface area contributed by atoms with E-state index in [1.165, 1.54) is 38.0 Å². The second-order valence-electron chi connectivity index (χ2n) is 8.61. The Labute approximate surface area is 180 Å². The summed E-state index contributed by atoms with van der Waals surface area (Å²) in [5.74, 6) is 1.11. The van der Waals surface area contributed by atoms with Gasteiger partial charge in [0.15, 0.2) is 17.5 Å². The average molecular weight is 418 g/mol. The van der Waals surface area contributed by atoms with Gasteiger partial charge in [0.1, 0.15) is 5.69 Å². The van der Waals surface area contributed by atoms with E-state index < -0.39 is 5.79 Å². The van der Waals surface area contributed by atoms with Crippen molar-refractivity contribution in [2.45, 2.75) is 12.7 Å². The number of pyridine rings is 2. The molecule has 5 nitrogen and oxygen atoms in total. The quantitative estimate of drug-likeness (QED) is 0.270. The van der Waals surface area contributed by atoms with Gasteiger partial charge in [0.2, 0.25) is 11.2 Å². The zero-order valence-electron chi connectivity index (χ0n) is 16.5. The molecule has 6 aromatic rings. The number of rotatable bonds is 0. The summed E-state index contributed by atoms with van der Waals surface area (Å²) in [7, 11) is 0. The summed E-state index contributed by atoms with van der Waals surface area (Å²) in [5.41, 5.74) is 5.69. The Hall–Kier alpha value is -3.77. The number of hydrogen-bond acceptors (Lipinski definition) is 3. The van der Waals surface area contributed by atoms with Gasteiger partial charge in [0.05, 0.1) is 22.5 Å². The molecule has 0 amide bonds. The molecule has 6 heteroatoms. The second-order valence-corrected chi connectivity index (χ2v) is 9.35. The summed E-state index contributed by atoms with van der Waals surface area (Å²) in [4.78, 5) is 0. The maximum Gasteiger partial charge on any atom is 0.504 e. The van der Waals surface area contributed by atoms with Crippen LogP contribution in [0, 0.1) is 6.92 Å². The summed E-state index contributed by atoms with van der Waals surface area (Å²) in [6.07, 6.45) is 2.20. The van der Waals surface area contributed by atoms with Gasteiger partial charge in [-0.3, -0.25) is 0 Å². The standard InChI is InChI=1S/C25H14N4OS/c1-13-10-19-18-5-2-6-21-28(18)25(29(19)26-13)23-20(30-21)8-7-14-16-11-31-12-17(16)15-4-3-9-27(25)24(15)22(14)23/h2-12H,1H3/q+2. The summed E-state index contributed by atoms with van der Waals surface area (Å²) >= 11 is 1.76. The van der Waals surface area contributed by atoms with Gasteiger partial charge in [-0.05, 0) is 53.4 Å². The fourth-order valence-corrected chi connectivity index (χ4v) is 7.04. The van der Waals surface area contributed by atoms with E-state index in [4.69, 9.17) is 9.84 Å². The lowest BCUT2D eigenvalue weighted by atomic mass is 9.95. The lowest BCUT2D eigenvalue weighted by Crippen LogP contribution is -2.75. The van der Waals surface area contributed by atoms with Crippen LogP contribution in [-0.4, -0.2) is 9.78 Å². The zero-order valence-corrected chi connectivity index (χ0v) is 17.3. The minimum Gasteiger partial charge on any atom is -0.404 e. The first-order valence-electron chi connectivity index (χ1n) is 10.4. The van der Waals surface area contributed by atoms with E-state index in [0.29, 0.717) is 0 Å². The predicted molar refractivity (Wildman–Crippen MR) is 118 cm³/mol. The number of nitrogens with zero attached hydrogens (tertiary/aromatic N) is 4. The number of aromatic nitrogens is 4. The average Bonchev–Trinajstić information content (AvgIpc) is 3.53. The molecule has 3 aliphatic heterocycles. The monoisotopic (exact) mass is 418 g/mol. The molecule has 31 heavy (non-hydrogen) atoms. The van der Waals surface area contributed by atoms with Gasteiger partial charge >= 0.3 is 11.7 Å². The molecular formula is C25H14N4OS+2. The Kier molecular flexibility index (Phi) is 2.17. The van der Waals surface area contributed by atoms with E-state index in [1.807, 2.05) is 0 Å². The zero-order chi connectivity index (χ0) is 20.1. The number of ether oxygens (including phenoxy) is 1. The molecule has 2 aromatic carbocycles. The molecule has 0 saturated carbocycles. The molecule has 1 spiro atoms. The van der Waals surface area contributed by atoms with Crippen molar-refractivity contribution >= 4 is 43.8 Å². The first-order chi connectivity index (χ1) is 15.3. The number of thiophene rings is 1. The molecule has 1 unspecified atom stereocenters. The highest BCUT2D eigenvalue weighted by molar-refractivity contribution is 7.09. The molecule has 0 radical (unpaired) electrons. The number of aryl methyl sites for hydroxylation is 1. The van der Waals surface area contributed by atoms with Crippen LogP contribution in [0.5, 0.6) is 11.6 Å². The summed E-state index contributed by atoms with van der Waals surface area (Å²) in [5, 5.41) is 16.0. The van der Waals surface area contributed by atoms with E-state index in [0.717, 1.165) is 28.7 Å². The molecule has 144 valence electrons. The van der Waals surface area contributed by atoms with Crippen LogP contribution in [0.3, 0.4) is 0 Å². The van der Waals surface area contributed by atoms with Crippen LogP contribution >= 0.6 is 11.3 Å². The van der Waals surface area contributed by atoms with Crippen molar-refractivity contribution in [2.24, 2.45) is 0 Å². The normalized spacial score (nSPS) is 18.9. The molecule has 0 N–H and O–H groups in total. The highest BCUT2D eigenvalue weighted by atomic mass is 32.1. The molecule has 0 bridgehead atoms. The van der Waals surface area contributed by atoms with E-state index in [9.17, 15) is 0 Å². The number of benzene rings is 2. The van der Waals surface area contributed by atoms with Crippen LogP contribution in [0.1, 0.15) is 11.3 Å². The SMILES string of the molecule is Cc1cc2n(n1)C13c4c(ccc5c6cscc6c6ccc[n+]1c6c45)Oc1cccc-2[n+]13. The Bertz CT molecular complexity index is 1850. The smallest absolute Gasteiger partial charge is 0.404 e. The van der Waals surface area contributed by atoms with E-state index >= 15 is 0 Å². The summed E-state index contributed by atoms with van der Waals surface area (Å²) < 4.78 is 13.5. The highest BCUT2D eigenvalue weighted by Crippen LogP contribution is 2.52. The lowest BCUT2D eigenvalue weighted by molar-refractivity contribution is -0.969. The van der Waals surface area contributed by atoms with Crippen molar-refractivity contribution in [2.75, 3.05) is 0 Å². The van der Waals surface area contributed by atoms with Crippen molar-refractivity contribution in [3.8, 4) is 23.0 Å². The van der Waals surface area contributed by atoms with Gasteiger partial charge in [-0.25, -0.2) is 0 Å². The summed E-state index contributed by atoms with van der Waals surface area (Å²) in [6.45, 7) is 2.07. The van der Waals surface area contributed by atoms with Crippen LogP contribution < -0.4 is 13.9 Å². The molecule has 0 fully saturated rings. The highest BCUT2D eigenvalue weighted by Gasteiger charge is 2.71. The van der Waals surface area contributed by atoms with E-state index in [1.54, 1.807) is 11.3 Å². The van der Waals surface area contributed by atoms with Gasteiger partial charge in [0, 0.05) is 22.9 Å². The number of fused-ring (bicyclic) bond motifs is 5. The lowest BCUT2D eigenvalue weighted by Gasteiger charge is -2.23. The van der Waals surface area contributed by atoms with Crippen molar-refractivity contribution in [3.63, 3.8) is 0 Å². The predicted octanol–water partition coefficient (Wildman–Crippen LogP) is 4.44. The summed E-state index contributed by atoms with van der Waals surface area (Å²) in [6, 6.07) is 17.2. The first-order valence-corrected chi connectivity index (χ1v) is 11.3. The molecule has 1 atom stereocenters. The molecule has 0 aliphatic carbocycles. The van der Waals surface area contributed by atoms with Gasteiger partial charge in [0.25, 0.3) is 0 Å². The van der Waals surface area contributed by atoms with Crippen molar-refractivity contribution in [1.82, 2.24) is 9.78 Å². The second kappa shape index (κ2) is 4.45. The minimum atomic E-state index is -0.632. The van der Waals surface area contributed by atoms with Crippen LogP contribution in [-0.2, 0) is 5.79 Å². The molecule has 9 rings (SSSR count). The molecule has 7 heterocycles. The Morgan fingerprint density at radius 2 is 1.90 bits per heavy atom. The van der Waals surface area contributed by atoms with Gasteiger partial charge in [-0.15, -0.1) is 9.25 Å². The fourth-order valence-electron chi connectivity index (χ4n) is 6.19. The maximum absolute atomic E-state index is 6.52. The Balaban J connectivity index is 1.66. The van der Waals surface area contributed by atoms with Crippen LogP contribution in [0.4, 0.5) is 0 Å². The van der Waals surface area contributed by atoms with Crippen LogP contribution in [0.25, 0.3) is 43.8 Å². The molecule has 4 aromatic heterocycles. The first kappa shape index (κ1) is 15.1. The molecular weight excluding hydrogens is 404 g/mol. The largest absolute Gasteiger partial charge is 0.504 e. The third-order valence-corrected chi connectivity index (χ3v) is 7.92. The Morgan fingerprint density at radius 1 is 1.00 bits per heavy atom. The van der Waals surface area contributed by atoms with Gasteiger partial charge in [-0.2, -0.15) is 16.4 Å². The van der Waals surface area contributed by atoms with Crippen LogP contribution in [0.2, 0.25) is 0 Å². The van der Waals surface area contributed by atoms with Gasteiger partial charge in [-0.1, -0.05) is 4.57 Å². The van der Waals surface area contributed by atoms with Crippen molar-refractivity contribution in [1.29, 1.82) is 0 Å². The van der Waals surface area contributed by atoms with E-state index in [2.05, 4.69) is 86.2 Å². The van der Waals surface area contributed by atoms with E-state index in [-0.39, 0.29) is 0 Å².